The van der Waals surface area contributed by atoms with Crippen molar-refractivity contribution in [3.63, 3.8) is 0 Å². The van der Waals surface area contributed by atoms with Gasteiger partial charge in [0.05, 0.1) is 16.5 Å². The zero-order valence-electron chi connectivity index (χ0n) is 11.4. The molecule has 1 aromatic rings. The minimum atomic E-state index is -0.510. The van der Waals surface area contributed by atoms with Crippen LogP contribution >= 0.6 is 23.1 Å². The number of hydrogen-bond donors (Lipinski definition) is 4. The molecule has 11 heteroatoms. The number of hydrogen-bond acceptors (Lipinski definition) is 8. The number of nitrogens with two attached hydrogens (primary N) is 2. The molecule has 6 N–H and O–H groups in total. The Morgan fingerprint density at radius 1 is 1.67 bits per heavy atom. The van der Waals surface area contributed by atoms with Gasteiger partial charge in [-0.25, -0.2) is 4.98 Å². The van der Waals surface area contributed by atoms with E-state index in [0.29, 0.717) is 16.8 Å². The van der Waals surface area contributed by atoms with Crippen molar-refractivity contribution in [2.24, 2.45) is 16.5 Å². The SMILES string of the molecule is CNC(=C[N+](=O)[O-])NCSCCc1csc(N=C(N)N)n1. The van der Waals surface area contributed by atoms with Crippen LogP contribution in [0.1, 0.15) is 5.69 Å². The molecule has 0 aliphatic carbocycles. The van der Waals surface area contributed by atoms with E-state index in [2.05, 4.69) is 20.6 Å². The van der Waals surface area contributed by atoms with Crippen molar-refractivity contribution in [1.82, 2.24) is 15.6 Å². The molecule has 116 valence electrons. The van der Waals surface area contributed by atoms with Crippen LogP contribution in [0.2, 0.25) is 0 Å². The van der Waals surface area contributed by atoms with Gasteiger partial charge in [-0.15, -0.1) is 23.1 Å². The van der Waals surface area contributed by atoms with E-state index < -0.39 is 4.92 Å². The molecule has 0 bridgehead atoms. The molecule has 0 atom stereocenters. The molecule has 1 rings (SSSR count). The maximum atomic E-state index is 10.3. The summed E-state index contributed by atoms with van der Waals surface area (Å²) in [5.74, 6) is 1.75. The molecule has 21 heavy (non-hydrogen) atoms. The van der Waals surface area contributed by atoms with E-state index in [1.807, 2.05) is 5.38 Å². The molecule has 0 radical (unpaired) electrons. The molecule has 0 unspecified atom stereocenters. The predicted molar refractivity (Wildman–Crippen MR) is 85.9 cm³/mol. The van der Waals surface area contributed by atoms with Gasteiger partial charge in [-0.2, -0.15) is 4.99 Å². The molecule has 0 spiro atoms. The van der Waals surface area contributed by atoms with Crippen LogP contribution in [0, 0.1) is 10.1 Å². The molecule has 1 heterocycles. The molecule has 0 saturated carbocycles. The summed E-state index contributed by atoms with van der Waals surface area (Å²) in [7, 11) is 1.62. The highest BCUT2D eigenvalue weighted by Gasteiger charge is 2.02. The van der Waals surface area contributed by atoms with Crippen molar-refractivity contribution < 1.29 is 4.92 Å². The van der Waals surface area contributed by atoms with Gasteiger partial charge in [0.25, 0.3) is 6.20 Å². The van der Waals surface area contributed by atoms with E-state index in [1.54, 1.807) is 18.8 Å². The predicted octanol–water partition coefficient (Wildman–Crippen LogP) is 0.166. The van der Waals surface area contributed by atoms with Crippen LogP contribution in [-0.4, -0.2) is 34.5 Å². The fourth-order valence-corrected chi connectivity index (χ4v) is 2.75. The quantitative estimate of drug-likeness (QED) is 0.125. The van der Waals surface area contributed by atoms with Gasteiger partial charge in [0.1, 0.15) is 0 Å². The Morgan fingerprint density at radius 3 is 3.05 bits per heavy atom. The number of rotatable bonds is 9. The van der Waals surface area contributed by atoms with Crippen molar-refractivity contribution in [2.45, 2.75) is 6.42 Å². The lowest BCUT2D eigenvalue weighted by atomic mass is 10.4. The zero-order valence-corrected chi connectivity index (χ0v) is 13.0. The normalized spacial score (nSPS) is 11.0. The molecular formula is C10H17N7O2S2. The van der Waals surface area contributed by atoms with E-state index in [9.17, 15) is 10.1 Å². The molecule has 0 amide bonds. The number of thiazole rings is 1. The number of nitrogens with one attached hydrogen (secondary N) is 2. The highest BCUT2D eigenvalue weighted by atomic mass is 32.2. The molecule has 0 aromatic carbocycles. The summed E-state index contributed by atoms with van der Waals surface area (Å²) in [5.41, 5.74) is 11.5. The van der Waals surface area contributed by atoms with Crippen LogP contribution in [0.3, 0.4) is 0 Å². The van der Waals surface area contributed by atoms with E-state index in [0.717, 1.165) is 24.1 Å². The van der Waals surface area contributed by atoms with Gasteiger partial charge < -0.3 is 22.1 Å². The third kappa shape index (κ3) is 7.37. The summed E-state index contributed by atoms with van der Waals surface area (Å²) in [4.78, 5) is 17.9. The molecule has 0 saturated heterocycles. The monoisotopic (exact) mass is 331 g/mol. The first-order valence-electron chi connectivity index (χ1n) is 5.90. The molecule has 0 fully saturated rings. The first-order chi connectivity index (χ1) is 10.0. The van der Waals surface area contributed by atoms with Crippen LogP contribution < -0.4 is 22.1 Å². The number of thioether (sulfide) groups is 1. The lowest BCUT2D eigenvalue weighted by Crippen LogP contribution is -2.24. The first-order valence-corrected chi connectivity index (χ1v) is 7.93. The van der Waals surface area contributed by atoms with Crippen LogP contribution in [0.5, 0.6) is 0 Å². The van der Waals surface area contributed by atoms with Crippen molar-refractivity contribution in [3.05, 3.63) is 33.2 Å². The topological polar surface area (TPSA) is 144 Å². The number of nitro groups is 1. The summed E-state index contributed by atoms with van der Waals surface area (Å²) in [5, 5.41) is 18.4. The van der Waals surface area contributed by atoms with Gasteiger partial charge in [-0.1, -0.05) is 0 Å². The van der Waals surface area contributed by atoms with Crippen molar-refractivity contribution >= 4 is 34.2 Å². The Kier molecular flexibility index (Phi) is 7.32. The van der Waals surface area contributed by atoms with Gasteiger partial charge in [-0.3, -0.25) is 10.1 Å². The molecule has 9 nitrogen and oxygen atoms in total. The Bertz CT molecular complexity index is 525. The summed E-state index contributed by atoms with van der Waals surface area (Å²) in [6.45, 7) is 0. The largest absolute Gasteiger partial charge is 0.370 e. The average Bonchev–Trinajstić information content (AvgIpc) is 2.83. The fourth-order valence-electron chi connectivity index (χ4n) is 1.25. The van der Waals surface area contributed by atoms with Gasteiger partial charge in [0.2, 0.25) is 5.13 Å². The molecule has 1 aromatic heterocycles. The Morgan fingerprint density at radius 2 is 2.43 bits per heavy atom. The van der Waals surface area contributed by atoms with Crippen LogP contribution in [0.15, 0.2) is 22.4 Å². The lowest BCUT2D eigenvalue weighted by Gasteiger charge is -2.06. The third-order valence-electron chi connectivity index (χ3n) is 2.14. The smallest absolute Gasteiger partial charge is 0.274 e. The Balaban J connectivity index is 2.27. The number of nitrogens with zero attached hydrogens (tertiary/aromatic N) is 3. The second-order valence-corrected chi connectivity index (χ2v) is 5.66. The number of aliphatic imine (C=N–C) groups is 1. The standard InChI is InChI=1S/C10H17N7O2S2/c1-13-8(4-17(18)19)14-6-20-3-2-7-5-21-10(15-7)16-9(11)12/h4-5,13-14H,2-3,6H2,1H3,(H4,11,12,15,16). The van der Waals surface area contributed by atoms with E-state index in [-0.39, 0.29) is 5.96 Å². The van der Waals surface area contributed by atoms with Crippen LogP contribution in [0.4, 0.5) is 5.13 Å². The van der Waals surface area contributed by atoms with Gasteiger partial charge >= 0.3 is 0 Å². The minimum Gasteiger partial charge on any atom is -0.370 e. The summed E-state index contributed by atoms with van der Waals surface area (Å²) in [6.07, 6.45) is 1.67. The van der Waals surface area contributed by atoms with Crippen molar-refractivity contribution in [1.29, 1.82) is 0 Å². The van der Waals surface area contributed by atoms with Gasteiger partial charge in [-0.05, 0) is 6.42 Å². The van der Waals surface area contributed by atoms with Gasteiger partial charge in [0.15, 0.2) is 11.8 Å². The maximum absolute atomic E-state index is 10.3. The fraction of sp³-hybridized carbons (Fsp3) is 0.400. The minimum absolute atomic E-state index is 0.00773. The first kappa shape index (κ1) is 17.0. The lowest BCUT2D eigenvalue weighted by molar-refractivity contribution is -0.404. The van der Waals surface area contributed by atoms with E-state index >= 15 is 0 Å². The number of aryl methyl sites for hydroxylation is 1. The highest BCUT2D eigenvalue weighted by Crippen LogP contribution is 2.19. The van der Waals surface area contributed by atoms with E-state index in [4.69, 9.17) is 11.5 Å². The van der Waals surface area contributed by atoms with E-state index in [1.165, 1.54) is 11.3 Å². The van der Waals surface area contributed by atoms with Gasteiger partial charge in [0, 0.05) is 18.2 Å². The second-order valence-electron chi connectivity index (χ2n) is 3.72. The third-order valence-corrected chi connectivity index (χ3v) is 3.76. The summed E-state index contributed by atoms with van der Waals surface area (Å²) < 4.78 is 0. The maximum Gasteiger partial charge on any atom is 0.274 e. The highest BCUT2D eigenvalue weighted by molar-refractivity contribution is 7.99. The summed E-state index contributed by atoms with van der Waals surface area (Å²) in [6, 6.07) is 0. The number of aromatic nitrogens is 1. The molecule has 0 aliphatic rings. The molecule has 0 aliphatic heterocycles. The molecular weight excluding hydrogens is 314 g/mol. The summed E-state index contributed by atoms with van der Waals surface area (Å²) >= 11 is 2.99. The van der Waals surface area contributed by atoms with Crippen molar-refractivity contribution in [3.8, 4) is 0 Å². The Labute approximate surface area is 130 Å². The second kappa shape index (κ2) is 9.02. The number of guanidine groups is 1. The average molecular weight is 331 g/mol. The zero-order chi connectivity index (χ0) is 15.7. The van der Waals surface area contributed by atoms with Crippen LogP contribution in [-0.2, 0) is 6.42 Å². The van der Waals surface area contributed by atoms with Crippen LogP contribution in [0.25, 0.3) is 0 Å². The Hall–Kier alpha value is -2.01. The van der Waals surface area contributed by atoms with Crippen molar-refractivity contribution in [2.75, 3.05) is 18.7 Å².